The fourth-order valence-electron chi connectivity index (χ4n) is 5.04. The Balaban J connectivity index is 1.22. The van der Waals surface area contributed by atoms with Crippen LogP contribution in [-0.2, 0) is 29.0 Å². The van der Waals surface area contributed by atoms with Crippen molar-refractivity contribution in [1.82, 2.24) is 10.2 Å². The van der Waals surface area contributed by atoms with E-state index in [4.69, 9.17) is 9.47 Å². The number of rotatable bonds is 6. The molecule has 32 heavy (non-hydrogen) atoms. The van der Waals surface area contributed by atoms with Crippen molar-refractivity contribution in [1.29, 1.82) is 0 Å². The first kappa shape index (κ1) is 20.9. The summed E-state index contributed by atoms with van der Waals surface area (Å²) in [5, 5.41) is 3.22. The van der Waals surface area contributed by atoms with Crippen molar-refractivity contribution < 1.29 is 19.1 Å². The van der Waals surface area contributed by atoms with Crippen LogP contribution in [0.25, 0.3) is 0 Å². The molecule has 0 bridgehead atoms. The molecule has 6 nitrogen and oxygen atoms in total. The quantitative estimate of drug-likeness (QED) is 0.749. The van der Waals surface area contributed by atoms with Crippen molar-refractivity contribution in [3.63, 3.8) is 0 Å². The molecule has 1 fully saturated rings. The summed E-state index contributed by atoms with van der Waals surface area (Å²) in [6, 6.07) is 12.4. The molecule has 0 saturated carbocycles. The van der Waals surface area contributed by atoms with E-state index in [9.17, 15) is 9.59 Å². The zero-order valence-corrected chi connectivity index (χ0v) is 18.6. The standard InChI is InChI=1S/C26H30N2O4/c1-2-22(20-9-8-18-5-3-4-6-19(18)12-20)27-26(30)21-13-25(29)28(15-21)14-17-7-10-23-24(11-17)32-16-31-23/h7-12,21-22H,2-6,13-16H2,1H3,(H,27,30). The van der Waals surface area contributed by atoms with Crippen molar-refractivity contribution in [2.24, 2.45) is 5.92 Å². The minimum absolute atomic E-state index is 0.0182. The average molecular weight is 435 g/mol. The lowest BCUT2D eigenvalue weighted by molar-refractivity contribution is -0.129. The van der Waals surface area contributed by atoms with Gasteiger partial charge in [-0.2, -0.15) is 0 Å². The largest absolute Gasteiger partial charge is 0.454 e. The number of hydrogen-bond donors (Lipinski definition) is 1. The Labute approximate surface area is 188 Å². The van der Waals surface area contributed by atoms with E-state index in [1.54, 1.807) is 4.90 Å². The molecule has 2 aromatic rings. The zero-order valence-electron chi connectivity index (χ0n) is 18.6. The van der Waals surface area contributed by atoms with Crippen LogP contribution in [0.15, 0.2) is 36.4 Å². The van der Waals surface area contributed by atoms with Crippen LogP contribution in [0.2, 0.25) is 0 Å². The Bertz CT molecular complexity index is 1030. The van der Waals surface area contributed by atoms with Crippen LogP contribution < -0.4 is 14.8 Å². The Morgan fingerprint density at radius 1 is 1.09 bits per heavy atom. The summed E-state index contributed by atoms with van der Waals surface area (Å²) in [4.78, 5) is 27.4. The molecule has 2 atom stereocenters. The maximum atomic E-state index is 13.0. The second-order valence-corrected chi connectivity index (χ2v) is 9.07. The van der Waals surface area contributed by atoms with E-state index in [-0.39, 0.29) is 37.0 Å². The van der Waals surface area contributed by atoms with Crippen LogP contribution >= 0.6 is 0 Å². The third-order valence-electron chi connectivity index (χ3n) is 6.90. The highest BCUT2D eigenvalue weighted by Crippen LogP contribution is 2.33. The van der Waals surface area contributed by atoms with Crippen molar-refractivity contribution in [2.45, 2.75) is 58.0 Å². The summed E-state index contributed by atoms with van der Waals surface area (Å²) in [6.07, 6.45) is 5.87. The first-order valence-corrected chi connectivity index (χ1v) is 11.7. The second-order valence-electron chi connectivity index (χ2n) is 9.07. The fourth-order valence-corrected chi connectivity index (χ4v) is 5.04. The van der Waals surface area contributed by atoms with Gasteiger partial charge in [0.2, 0.25) is 18.6 Å². The molecule has 2 unspecified atom stereocenters. The fraction of sp³-hybridized carbons (Fsp3) is 0.462. The first-order chi connectivity index (χ1) is 15.6. The number of hydrogen-bond acceptors (Lipinski definition) is 4. The molecule has 2 amide bonds. The highest BCUT2D eigenvalue weighted by atomic mass is 16.7. The van der Waals surface area contributed by atoms with E-state index in [0.29, 0.717) is 18.8 Å². The number of carbonyl (C=O) groups is 2. The number of benzene rings is 2. The van der Waals surface area contributed by atoms with E-state index in [0.717, 1.165) is 30.6 Å². The molecule has 1 aliphatic carbocycles. The van der Waals surface area contributed by atoms with Gasteiger partial charge < -0.3 is 19.7 Å². The van der Waals surface area contributed by atoms with Crippen LogP contribution in [0.4, 0.5) is 0 Å². The molecule has 5 rings (SSSR count). The lowest BCUT2D eigenvalue weighted by Crippen LogP contribution is -2.35. The minimum atomic E-state index is -0.316. The number of amides is 2. The van der Waals surface area contributed by atoms with E-state index >= 15 is 0 Å². The van der Waals surface area contributed by atoms with Gasteiger partial charge in [0.15, 0.2) is 11.5 Å². The molecule has 2 aromatic carbocycles. The molecule has 6 heteroatoms. The summed E-state index contributed by atoms with van der Waals surface area (Å²) >= 11 is 0. The second kappa shape index (κ2) is 8.85. The molecule has 2 heterocycles. The predicted octanol–water partition coefficient (Wildman–Crippen LogP) is 3.91. The van der Waals surface area contributed by atoms with Gasteiger partial charge in [-0.1, -0.05) is 31.2 Å². The van der Waals surface area contributed by atoms with E-state index in [1.165, 1.54) is 29.5 Å². The topological polar surface area (TPSA) is 67.9 Å². The summed E-state index contributed by atoms with van der Waals surface area (Å²) < 4.78 is 10.8. The number of likely N-dealkylation sites (tertiary alicyclic amines) is 1. The Hall–Kier alpha value is -3.02. The monoisotopic (exact) mass is 434 g/mol. The van der Waals surface area contributed by atoms with E-state index in [1.807, 2.05) is 18.2 Å². The first-order valence-electron chi connectivity index (χ1n) is 11.7. The van der Waals surface area contributed by atoms with Crippen molar-refractivity contribution >= 4 is 11.8 Å². The third kappa shape index (κ3) is 4.18. The summed E-state index contributed by atoms with van der Waals surface area (Å²) in [6.45, 7) is 3.24. The Kier molecular flexibility index (Phi) is 5.77. The van der Waals surface area contributed by atoms with Gasteiger partial charge in [-0.15, -0.1) is 0 Å². The molecule has 2 aliphatic heterocycles. The van der Waals surface area contributed by atoms with Gasteiger partial charge in [-0.25, -0.2) is 0 Å². The molecule has 3 aliphatic rings. The van der Waals surface area contributed by atoms with Crippen molar-refractivity contribution in [3.05, 3.63) is 58.7 Å². The third-order valence-corrected chi connectivity index (χ3v) is 6.90. The van der Waals surface area contributed by atoms with E-state index in [2.05, 4.69) is 30.4 Å². The van der Waals surface area contributed by atoms with Gasteiger partial charge in [-0.05, 0) is 66.5 Å². The van der Waals surface area contributed by atoms with Crippen LogP contribution in [0, 0.1) is 5.92 Å². The maximum Gasteiger partial charge on any atom is 0.231 e. The highest BCUT2D eigenvalue weighted by molar-refractivity contribution is 5.89. The SMILES string of the molecule is CCC(NC(=O)C1CC(=O)N(Cc2ccc3c(c2)OCO3)C1)c1ccc2c(c1)CCCC2. The molecular weight excluding hydrogens is 404 g/mol. The maximum absolute atomic E-state index is 13.0. The van der Waals surface area contributed by atoms with Crippen LogP contribution in [0.3, 0.4) is 0 Å². The lowest BCUT2D eigenvalue weighted by Gasteiger charge is -2.23. The molecule has 1 N–H and O–H groups in total. The van der Waals surface area contributed by atoms with Gasteiger partial charge >= 0.3 is 0 Å². The van der Waals surface area contributed by atoms with Gasteiger partial charge in [-0.3, -0.25) is 9.59 Å². The van der Waals surface area contributed by atoms with Crippen molar-refractivity contribution in [2.75, 3.05) is 13.3 Å². The number of fused-ring (bicyclic) bond motifs is 2. The Morgan fingerprint density at radius 2 is 1.91 bits per heavy atom. The smallest absolute Gasteiger partial charge is 0.231 e. The average Bonchev–Trinajstić information content (AvgIpc) is 3.43. The molecule has 168 valence electrons. The van der Waals surface area contributed by atoms with Gasteiger partial charge in [0.05, 0.1) is 12.0 Å². The number of carbonyl (C=O) groups excluding carboxylic acids is 2. The lowest BCUT2D eigenvalue weighted by atomic mass is 9.88. The normalized spacial score (nSPS) is 20.2. The minimum Gasteiger partial charge on any atom is -0.454 e. The molecule has 1 saturated heterocycles. The summed E-state index contributed by atoms with van der Waals surface area (Å²) in [7, 11) is 0. The number of ether oxygens (including phenoxy) is 2. The van der Waals surface area contributed by atoms with Crippen LogP contribution in [0.1, 0.15) is 60.9 Å². The van der Waals surface area contributed by atoms with Gasteiger partial charge in [0.25, 0.3) is 0 Å². The molecule has 0 aromatic heterocycles. The zero-order chi connectivity index (χ0) is 22.1. The molecular formula is C26H30N2O4. The summed E-state index contributed by atoms with van der Waals surface area (Å²) in [5.74, 6) is 1.11. The number of nitrogens with one attached hydrogen (secondary N) is 1. The van der Waals surface area contributed by atoms with Crippen molar-refractivity contribution in [3.8, 4) is 11.5 Å². The number of nitrogens with zero attached hydrogens (tertiary/aromatic N) is 1. The molecule has 0 radical (unpaired) electrons. The molecule has 0 spiro atoms. The number of aryl methyl sites for hydroxylation is 2. The van der Waals surface area contributed by atoms with Crippen LogP contribution in [0.5, 0.6) is 11.5 Å². The predicted molar refractivity (Wildman–Crippen MR) is 120 cm³/mol. The van der Waals surface area contributed by atoms with Gasteiger partial charge in [0.1, 0.15) is 0 Å². The van der Waals surface area contributed by atoms with Gasteiger partial charge in [0, 0.05) is 19.5 Å². The van der Waals surface area contributed by atoms with Crippen LogP contribution in [-0.4, -0.2) is 30.1 Å². The Morgan fingerprint density at radius 3 is 2.75 bits per heavy atom. The summed E-state index contributed by atoms with van der Waals surface area (Å²) in [5.41, 5.74) is 5.02. The highest BCUT2D eigenvalue weighted by Gasteiger charge is 2.35. The van der Waals surface area contributed by atoms with E-state index < -0.39 is 0 Å².